The second-order valence-electron chi connectivity index (χ2n) is 6.82. The van der Waals surface area contributed by atoms with E-state index in [1.165, 1.54) is 26.7 Å². The number of sulfonamides is 1. The second kappa shape index (κ2) is 7.35. The maximum absolute atomic E-state index is 12.9. The van der Waals surface area contributed by atoms with Crippen molar-refractivity contribution in [2.45, 2.75) is 37.1 Å². The van der Waals surface area contributed by atoms with Crippen LogP contribution >= 0.6 is 0 Å². The van der Waals surface area contributed by atoms with E-state index in [1.54, 1.807) is 24.3 Å². The van der Waals surface area contributed by atoms with Crippen LogP contribution in [0.1, 0.15) is 25.1 Å². The summed E-state index contributed by atoms with van der Waals surface area (Å²) in [4.78, 5) is 4.77. The molecule has 0 atom stereocenters. The van der Waals surface area contributed by atoms with E-state index in [9.17, 15) is 8.42 Å². The lowest BCUT2D eigenvalue weighted by molar-refractivity contribution is 0.386. The normalized spacial score (nSPS) is 14.4. The summed E-state index contributed by atoms with van der Waals surface area (Å²) >= 11 is 0. The maximum Gasteiger partial charge on any atom is 0.265 e. The Kier molecular flexibility index (Phi) is 4.89. The minimum atomic E-state index is -3.82. The molecule has 2 aromatic carbocycles. The third-order valence-electron chi connectivity index (χ3n) is 5.02. The van der Waals surface area contributed by atoms with Gasteiger partial charge in [-0.25, -0.2) is 13.4 Å². The van der Waals surface area contributed by atoms with Crippen LogP contribution in [0.15, 0.2) is 41.3 Å². The van der Waals surface area contributed by atoms with Crippen molar-refractivity contribution in [1.29, 1.82) is 0 Å². The van der Waals surface area contributed by atoms with E-state index < -0.39 is 10.0 Å². The predicted octanol–water partition coefficient (Wildman–Crippen LogP) is 3.58. The summed E-state index contributed by atoms with van der Waals surface area (Å²) in [5, 5.41) is 0. The van der Waals surface area contributed by atoms with Gasteiger partial charge in [0, 0.05) is 19.0 Å². The molecule has 1 N–H and O–H groups in total. The molecule has 0 unspecified atom stereocenters. The molecule has 148 valence electrons. The fraction of sp³-hybridized carbons (Fsp3) is 0.350. The maximum atomic E-state index is 12.9. The first kappa shape index (κ1) is 18.6. The summed E-state index contributed by atoms with van der Waals surface area (Å²) in [5.74, 6) is 1.82. The summed E-state index contributed by atoms with van der Waals surface area (Å²) in [6, 6.07) is 10.1. The van der Waals surface area contributed by atoms with E-state index in [0.29, 0.717) is 11.4 Å². The van der Waals surface area contributed by atoms with Gasteiger partial charge in [0.1, 0.15) is 22.2 Å². The zero-order valence-corrected chi connectivity index (χ0v) is 16.8. The molecule has 0 amide bonds. The van der Waals surface area contributed by atoms with E-state index in [0.717, 1.165) is 42.7 Å². The average molecular weight is 401 g/mol. The number of aryl methyl sites for hydroxylation is 2. The number of nitrogens with zero attached hydrogens (tertiary/aromatic N) is 2. The molecule has 0 bridgehead atoms. The minimum absolute atomic E-state index is 0.0523. The number of fused-ring (bicyclic) bond motifs is 3. The molecule has 7 nitrogen and oxygen atoms in total. The summed E-state index contributed by atoms with van der Waals surface area (Å²) in [7, 11) is -0.877. The third kappa shape index (κ3) is 3.40. The van der Waals surface area contributed by atoms with Gasteiger partial charge in [0.05, 0.1) is 30.9 Å². The summed E-state index contributed by atoms with van der Waals surface area (Å²) in [6.07, 6.45) is 4.45. The number of imidazole rings is 1. The number of nitrogens with one attached hydrogen (secondary N) is 1. The first-order chi connectivity index (χ1) is 13.5. The number of rotatable bonds is 5. The van der Waals surface area contributed by atoms with Crippen molar-refractivity contribution in [3.05, 3.63) is 42.2 Å². The Morgan fingerprint density at radius 1 is 1.04 bits per heavy atom. The van der Waals surface area contributed by atoms with Crippen molar-refractivity contribution in [2.75, 3.05) is 18.9 Å². The molecule has 1 aromatic heterocycles. The molecule has 4 rings (SSSR count). The largest absolute Gasteiger partial charge is 0.497 e. The Balaban J connectivity index is 1.67. The Morgan fingerprint density at radius 3 is 2.68 bits per heavy atom. The fourth-order valence-electron chi connectivity index (χ4n) is 3.62. The molecule has 0 fully saturated rings. The van der Waals surface area contributed by atoms with Crippen molar-refractivity contribution >= 4 is 26.7 Å². The lowest BCUT2D eigenvalue weighted by atomic mass is 10.2. The highest BCUT2D eigenvalue weighted by Gasteiger charge is 2.21. The molecule has 0 radical (unpaired) electrons. The first-order valence-corrected chi connectivity index (χ1v) is 10.7. The number of hydrogen-bond donors (Lipinski definition) is 1. The molecule has 1 aliphatic heterocycles. The van der Waals surface area contributed by atoms with Crippen LogP contribution in [0.4, 0.5) is 5.69 Å². The summed E-state index contributed by atoms with van der Waals surface area (Å²) in [5.41, 5.74) is 2.32. The van der Waals surface area contributed by atoms with Gasteiger partial charge in [-0.3, -0.25) is 4.72 Å². The van der Waals surface area contributed by atoms with Crippen LogP contribution in [0, 0.1) is 0 Å². The zero-order valence-electron chi connectivity index (χ0n) is 15.9. The van der Waals surface area contributed by atoms with Crippen molar-refractivity contribution < 1.29 is 17.9 Å². The first-order valence-electron chi connectivity index (χ1n) is 9.26. The topological polar surface area (TPSA) is 82.5 Å². The lowest BCUT2D eigenvalue weighted by Crippen LogP contribution is -2.14. The van der Waals surface area contributed by atoms with Gasteiger partial charge in [-0.15, -0.1) is 0 Å². The number of hydrogen-bond acceptors (Lipinski definition) is 5. The standard InChI is InChI=1S/C20H23N3O4S/c1-26-15-8-10-19(18(13-15)27-2)28(24,25)22-14-7-9-17-16(12-14)21-20-6-4-3-5-11-23(17)20/h7-10,12-13,22H,3-6,11H2,1-2H3. The van der Waals surface area contributed by atoms with Crippen LogP contribution in [-0.2, 0) is 23.0 Å². The Hall–Kier alpha value is -2.74. The molecule has 0 saturated carbocycles. The van der Waals surface area contributed by atoms with Gasteiger partial charge in [-0.1, -0.05) is 6.42 Å². The molecule has 0 aliphatic carbocycles. The molecule has 1 aliphatic rings. The van der Waals surface area contributed by atoms with Crippen LogP contribution in [0.2, 0.25) is 0 Å². The van der Waals surface area contributed by atoms with Gasteiger partial charge < -0.3 is 14.0 Å². The van der Waals surface area contributed by atoms with Crippen molar-refractivity contribution in [3.63, 3.8) is 0 Å². The number of ether oxygens (including phenoxy) is 2. The molecular formula is C20H23N3O4S. The third-order valence-corrected chi connectivity index (χ3v) is 6.44. The number of methoxy groups -OCH3 is 2. The lowest BCUT2D eigenvalue weighted by Gasteiger charge is -2.13. The Labute approximate surface area is 164 Å². The highest BCUT2D eigenvalue weighted by molar-refractivity contribution is 7.92. The highest BCUT2D eigenvalue weighted by atomic mass is 32.2. The van der Waals surface area contributed by atoms with Crippen LogP contribution in [0.3, 0.4) is 0 Å². The molecule has 3 aromatic rings. The molecule has 0 spiro atoms. The van der Waals surface area contributed by atoms with Gasteiger partial charge in [0.25, 0.3) is 10.0 Å². The van der Waals surface area contributed by atoms with E-state index in [4.69, 9.17) is 14.5 Å². The summed E-state index contributed by atoms with van der Waals surface area (Å²) in [6.45, 7) is 0.958. The second-order valence-corrected chi connectivity index (χ2v) is 8.47. The summed E-state index contributed by atoms with van der Waals surface area (Å²) < 4.78 is 41.0. The quantitative estimate of drug-likeness (QED) is 0.707. The molecule has 28 heavy (non-hydrogen) atoms. The molecule has 8 heteroatoms. The van der Waals surface area contributed by atoms with E-state index in [2.05, 4.69) is 9.29 Å². The minimum Gasteiger partial charge on any atom is -0.497 e. The highest BCUT2D eigenvalue weighted by Crippen LogP contribution is 2.31. The van der Waals surface area contributed by atoms with Gasteiger partial charge in [0.15, 0.2) is 0 Å². The predicted molar refractivity (Wildman–Crippen MR) is 108 cm³/mol. The Morgan fingerprint density at radius 2 is 1.89 bits per heavy atom. The van der Waals surface area contributed by atoms with Crippen molar-refractivity contribution in [2.24, 2.45) is 0 Å². The Bertz CT molecular complexity index is 1120. The SMILES string of the molecule is COc1ccc(S(=O)(=O)Nc2ccc3c(c2)nc2n3CCCCC2)c(OC)c1. The van der Waals surface area contributed by atoms with Crippen LogP contribution < -0.4 is 14.2 Å². The van der Waals surface area contributed by atoms with Crippen LogP contribution in [0.5, 0.6) is 11.5 Å². The number of aromatic nitrogens is 2. The number of benzene rings is 2. The van der Waals surface area contributed by atoms with Crippen LogP contribution in [-0.4, -0.2) is 32.2 Å². The van der Waals surface area contributed by atoms with Crippen LogP contribution in [0.25, 0.3) is 11.0 Å². The van der Waals surface area contributed by atoms with Crippen molar-refractivity contribution in [1.82, 2.24) is 9.55 Å². The van der Waals surface area contributed by atoms with E-state index in [1.807, 2.05) is 6.07 Å². The van der Waals surface area contributed by atoms with Gasteiger partial charge in [-0.2, -0.15) is 0 Å². The molecular weight excluding hydrogens is 378 g/mol. The average Bonchev–Trinajstić information content (AvgIpc) is 2.86. The molecule has 0 saturated heterocycles. The smallest absolute Gasteiger partial charge is 0.265 e. The van der Waals surface area contributed by atoms with Gasteiger partial charge in [0.2, 0.25) is 0 Å². The fourth-order valence-corrected chi connectivity index (χ4v) is 4.82. The monoisotopic (exact) mass is 401 g/mol. The zero-order chi connectivity index (χ0) is 19.7. The number of anilines is 1. The van der Waals surface area contributed by atoms with E-state index >= 15 is 0 Å². The van der Waals surface area contributed by atoms with Gasteiger partial charge in [-0.05, 0) is 43.2 Å². The van der Waals surface area contributed by atoms with Crippen molar-refractivity contribution in [3.8, 4) is 11.5 Å². The van der Waals surface area contributed by atoms with E-state index in [-0.39, 0.29) is 10.6 Å². The van der Waals surface area contributed by atoms with Gasteiger partial charge >= 0.3 is 0 Å². The molecule has 2 heterocycles.